The number of aromatic nitrogens is 3. The summed E-state index contributed by atoms with van der Waals surface area (Å²) >= 11 is 0. The minimum atomic E-state index is 0.295. The van der Waals surface area contributed by atoms with E-state index in [4.69, 9.17) is 4.42 Å². The predicted molar refractivity (Wildman–Crippen MR) is 104 cm³/mol. The average Bonchev–Trinajstić information content (AvgIpc) is 3.38. The fourth-order valence-electron chi connectivity index (χ4n) is 3.74. The van der Waals surface area contributed by atoms with Crippen LogP contribution in [0.2, 0.25) is 0 Å². The lowest BCUT2D eigenvalue weighted by molar-refractivity contribution is 0.320. The predicted octanol–water partition coefficient (Wildman–Crippen LogP) is 4.27. The molecule has 0 aliphatic carbocycles. The molecule has 27 heavy (non-hydrogen) atoms. The Labute approximate surface area is 157 Å². The van der Waals surface area contributed by atoms with Crippen molar-refractivity contribution in [3.8, 4) is 11.5 Å². The molecule has 0 saturated carbocycles. The van der Waals surface area contributed by atoms with Crippen molar-refractivity contribution in [3.05, 3.63) is 78.3 Å². The number of para-hydroxylation sites is 1. The molecule has 0 amide bonds. The molecule has 5 heteroatoms. The van der Waals surface area contributed by atoms with E-state index in [9.17, 15) is 0 Å². The van der Waals surface area contributed by atoms with Crippen LogP contribution in [0.5, 0.6) is 0 Å². The first-order valence-electron chi connectivity index (χ1n) is 9.30. The summed E-state index contributed by atoms with van der Waals surface area (Å²) in [6.07, 6.45) is 3.02. The number of benzene rings is 2. The molecular formula is C22H20N4O. The van der Waals surface area contributed by atoms with Crippen LogP contribution in [0.15, 0.2) is 71.3 Å². The second-order valence-corrected chi connectivity index (χ2v) is 7.07. The molecule has 1 saturated heterocycles. The smallest absolute Gasteiger partial charge is 0.247 e. The standard InChI is InChI=1S/C22H20N4O/c1-2-6-17(7-3-1)21-24-25-22(27-21)19-10-11-26(15-19)14-16-12-18-8-4-5-9-20(18)23-13-16/h1-9,12-13,19H,10-11,14-15H2/t19-/m0/s1. The molecule has 1 aliphatic rings. The molecular weight excluding hydrogens is 336 g/mol. The summed E-state index contributed by atoms with van der Waals surface area (Å²) in [5.41, 5.74) is 3.25. The Morgan fingerprint density at radius 1 is 1.00 bits per heavy atom. The Morgan fingerprint density at radius 3 is 2.78 bits per heavy atom. The zero-order valence-electron chi connectivity index (χ0n) is 15.0. The van der Waals surface area contributed by atoms with E-state index in [1.54, 1.807) is 0 Å². The fourth-order valence-corrected chi connectivity index (χ4v) is 3.74. The third-order valence-corrected chi connectivity index (χ3v) is 5.14. The van der Waals surface area contributed by atoms with Crippen molar-refractivity contribution in [1.82, 2.24) is 20.1 Å². The van der Waals surface area contributed by atoms with Crippen LogP contribution < -0.4 is 0 Å². The van der Waals surface area contributed by atoms with Gasteiger partial charge in [0.15, 0.2) is 0 Å². The summed E-state index contributed by atoms with van der Waals surface area (Å²) in [5, 5.41) is 9.72. The summed E-state index contributed by atoms with van der Waals surface area (Å²) in [4.78, 5) is 7.00. The molecule has 5 rings (SSSR count). The van der Waals surface area contributed by atoms with Crippen LogP contribution in [0, 0.1) is 0 Å². The highest BCUT2D eigenvalue weighted by Gasteiger charge is 2.28. The molecule has 0 N–H and O–H groups in total. The topological polar surface area (TPSA) is 55.1 Å². The number of hydrogen-bond donors (Lipinski definition) is 0. The van der Waals surface area contributed by atoms with E-state index in [0.717, 1.165) is 43.0 Å². The number of pyridine rings is 1. The number of rotatable bonds is 4. The van der Waals surface area contributed by atoms with Gasteiger partial charge in [-0.3, -0.25) is 9.88 Å². The molecule has 1 aliphatic heterocycles. The van der Waals surface area contributed by atoms with Gasteiger partial charge in [0.1, 0.15) is 0 Å². The molecule has 5 nitrogen and oxygen atoms in total. The third-order valence-electron chi connectivity index (χ3n) is 5.14. The van der Waals surface area contributed by atoms with Gasteiger partial charge in [0.05, 0.1) is 11.4 Å². The van der Waals surface area contributed by atoms with Crippen LogP contribution in [0.3, 0.4) is 0 Å². The second kappa shape index (κ2) is 6.93. The van der Waals surface area contributed by atoms with Crippen LogP contribution in [-0.4, -0.2) is 33.2 Å². The summed E-state index contributed by atoms with van der Waals surface area (Å²) < 4.78 is 5.95. The highest BCUT2D eigenvalue weighted by molar-refractivity contribution is 5.78. The maximum Gasteiger partial charge on any atom is 0.247 e. The highest BCUT2D eigenvalue weighted by atomic mass is 16.4. The van der Waals surface area contributed by atoms with Gasteiger partial charge < -0.3 is 4.42 Å². The van der Waals surface area contributed by atoms with Gasteiger partial charge in [-0.25, -0.2) is 0 Å². The minimum absolute atomic E-state index is 0.295. The van der Waals surface area contributed by atoms with Gasteiger partial charge in [0, 0.05) is 30.2 Å². The van der Waals surface area contributed by atoms with E-state index in [1.165, 1.54) is 10.9 Å². The van der Waals surface area contributed by atoms with Gasteiger partial charge in [-0.05, 0) is 42.8 Å². The second-order valence-electron chi connectivity index (χ2n) is 7.07. The van der Waals surface area contributed by atoms with Crippen LogP contribution in [0.4, 0.5) is 0 Å². The Balaban J connectivity index is 1.28. The Hall–Kier alpha value is -3.05. The number of hydrogen-bond acceptors (Lipinski definition) is 5. The summed E-state index contributed by atoms with van der Waals surface area (Å²) in [6, 6.07) is 20.4. The van der Waals surface area contributed by atoms with Gasteiger partial charge in [-0.15, -0.1) is 10.2 Å². The zero-order valence-corrected chi connectivity index (χ0v) is 15.0. The largest absolute Gasteiger partial charge is 0.420 e. The van der Waals surface area contributed by atoms with Crippen molar-refractivity contribution in [2.24, 2.45) is 0 Å². The molecule has 3 heterocycles. The van der Waals surface area contributed by atoms with Crippen molar-refractivity contribution < 1.29 is 4.42 Å². The van der Waals surface area contributed by atoms with E-state index in [2.05, 4.69) is 38.3 Å². The summed E-state index contributed by atoms with van der Waals surface area (Å²) in [5.74, 6) is 1.64. The van der Waals surface area contributed by atoms with Gasteiger partial charge >= 0.3 is 0 Å². The Kier molecular flexibility index (Phi) is 4.14. The Morgan fingerprint density at radius 2 is 1.85 bits per heavy atom. The molecule has 1 atom stereocenters. The molecule has 0 unspecified atom stereocenters. The van der Waals surface area contributed by atoms with E-state index in [1.807, 2.05) is 48.7 Å². The highest BCUT2D eigenvalue weighted by Crippen LogP contribution is 2.29. The van der Waals surface area contributed by atoms with Crippen LogP contribution >= 0.6 is 0 Å². The lowest BCUT2D eigenvalue weighted by Gasteiger charge is -2.15. The first kappa shape index (κ1) is 16.1. The van der Waals surface area contributed by atoms with Crippen molar-refractivity contribution in [2.75, 3.05) is 13.1 Å². The maximum atomic E-state index is 5.95. The van der Waals surface area contributed by atoms with E-state index < -0.39 is 0 Å². The first-order chi connectivity index (χ1) is 13.3. The van der Waals surface area contributed by atoms with E-state index in [-0.39, 0.29) is 0 Å². The molecule has 4 aromatic rings. The Bertz CT molecular complexity index is 1060. The average molecular weight is 356 g/mol. The quantitative estimate of drug-likeness (QED) is 0.546. The number of likely N-dealkylation sites (tertiary alicyclic amines) is 1. The normalized spacial score (nSPS) is 17.6. The van der Waals surface area contributed by atoms with Gasteiger partial charge in [-0.2, -0.15) is 0 Å². The third kappa shape index (κ3) is 3.34. The van der Waals surface area contributed by atoms with Crippen molar-refractivity contribution in [1.29, 1.82) is 0 Å². The first-order valence-corrected chi connectivity index (χ1v) is 9.30. The van der Waals surface area contributed by atoms with Gasteiger partial charge in [0.25, 0.3) is 0 Å². The summed E-state index contributed by atoms with van der Waals surface area (Å²) in [7, 11) is 0. The minimum Gasteiger partial charge on any atom is -0.420 e. The van der Waals surface area contributed by atoms with Gasteiger partial charge in [-0.1, -0.05) is 36.4 Å². The fraction of sp³-hybridized carbons (Fsp3) is 0.227. The molecule has 2 aromatic carbocycles. The molecule has 2 aromatic heterocycles. The lowest BCUT2D eigenvalue weighted by Crippen LogP contribution is -2.19. The van der Waals surface area contributed by atoms with Crippen LogP contribution in [-0.2, 0) is 6.54 Å². The van der Waals surface area contributed by atoms with E-state index in [0.29, 0.717) is 11.8 Å². The number of nitrogens with zero attached hydrogens (tertiary/aromatic N) is 4. The van der Waals surface area contributed by atoms with Crippen LogP contribution in [0.1, 0.15) is 23.8 Å². The summed E-state index contributed by atoms with van der Waals surface area (Å²) in [6.45, 7) is 2.86. The van der Waals surface area contributed by atoms with E-state index >= 15 is 0 Å². The van der Waals surface area contributed by atoms with Crippen molar-refractivity contribution in [2.45, 2.75) is 18.9 Å². The molecule has 1 fully saturated rings. The van der Waals surface area contributed by atoms with Crippen molar-refractivity contribution >= 4 is 10.9 Å². The van der Waals surface area contributed by atoms with Gasteiger partial charge in [0.2, 0.25) is 11.8 Å². The van der Waals surface area contributed by atoms with Crippen LogP contribution in [0.25, 0.3) is 22.4 Å². The number of fused-ring (bicyclic) bond motifs is 1. The zero-order chi connectivity index (χ0) is 18.1. The molecule has 0 spiro atoms. The lowest BCUT2D eigenvalue weighted by atomic mass is 10.1. The monoisotopic (exact) mass is 356 g/mol. The molecule has 0 bridgehead atoms. The van der Waals surface area contributed by atoms with Crippen molar-refractivity contribution in [3.63, 3.8) is 0 Å². The molecule has 134 valence electrons. The maximum absolute atomic E-state index is 5.95. The molecule has 0 radical (unpaired) electrons. The SMILES string of the molecule is c1ccc(-c2nnc([C@H]3CCN(Cc4cnc5ccccc5c4)C3)o2)cc1.